The predicted octanol–water partition coefficient (Wildman–Crippen LogP) is 6.00. The minimum Gasteiger partial charge on any atom is -0.496 e. The summed E-state index contributed by atoms with van der Waals surface area (Å²) in [6, 6.07) is 22.9. The second-order valence-electron chi connectivity index (χ2n) is 11.1. The van der Waals surface area contributed by atoms with E-state index >= 15 is 0 Å². The molecule has 1 atom stereocenters. The van der Waals surface area contributed by atoms with E-state index in [4.69, 9.17) is 4.74 Å². The van der Waals surface area contributed by atoms with Gasteiger partial charge in [-0.1, -0.05) is 67.8 Å². The molecule has 41 heavy (non-hydrogen) atoms. The van der Waals surface area contributed by atoms with E-state index in [-0.39, 0.29) is 30.8 Å². The van der Waals surface area contributed by atoms with Gasteiger partial charge in [-0.3, -0.25) is 9.59 Å². The Hall–Kier alpha value is -4.26. The molecule has 1 saturated carbocycles. The molecule has 2 amide bonds. The number of H-pyrrole nitrogens is 1. The number of carbonyl (C=O) groups excluding carboxylic acids is 2. The quantitative estimate of drug-likeness (QED) is 0.253. The lowest BCUT2D eigenvalue weighted by atomic mass is 9.94. The van der Waals surface area contributed by atoms with Gasteiger partial charge in [0, 0.05) is 48.5 Å². The van der Waals surface area contributed by atoms with E-state index in [9.17, 15) is 9.59 Å². The van der Waals surface area contributed by atoms with Gasteiger partial charge >= 0.3 is 0 Å². The molecule has 3 aromatic carbocycles. The van der Waals surface area contributed by atoms with Crippen LogP contribution in [0.15, 0.2) is 79.0 Å². The lowest BCUT2D eigenvalue weighted by molar-refractivity contribution is -0.141. The largest absolute Gasteiger partial charge is 0.496 e. The Labute approximate surface area is 242 Å². The maximum atomic E-state index is 14.3. The van der Waals surface area contributed by atoms with Gasteiger partial charge in [0.2, 0.25) is 11.8 Å². The van der Waals surface area contributed by atoms with Crippen molar-refractivity contribution >= 4 is 28.4 Å². The number of fused-ring (bicyclic) bond motifs is 1. The van der Waals surface area contributed by atoms with E-state index in [1.807, 2.05) is 98.0 Å². The van der Waals surface area contributed by atoms with Crippen molar-refractivity contribution in [2.75, 3.05) is 26.1 Å². The molecule has 0 radical (unpaired) electrons. The third-order valence-corrected chi connectivity index (χ3v) is 8.11. The summed E-state index contributed by atoms with van der Waals surface area (Å²) in [7, 11) is 5.60. The molecule has 1 aromatic heterocycles. The fraction of sp³-hybridized carbons (Fsp3) is 0.353. The number of aromatic nitrogens is 1. The highest BCUT2D eigenvalue weighted by Gasteiger charge is 2.34. The Kier molecular flexibility index (Phi) is 8.92. The first-order chi connectivity index (χ1) is 19.9. The molecule has 0 bridgehead atoms. The van der Waals surface area contributed by atoms with Crippen LogP contribution in [0, 0.1) is 0 Å². The van der Waals surface area contributed by atoms with Crippen LogP contribution >= 0.6 is 0 Å². The molecule has 7 heteroatoms. The van der Waals surface area contributed by atoms with Crippen LogP contribution < -0.4 is 15.0 Å². The zero-order valence-corrected chi connectivity index (χ0v) is 24.2. The van der Waals surface area contributed by atoms with Gasteiger partial charge in [-0.15, -0.1) is 0 Å². The Morgan fingerprint density at radius 1 is 0.927 bits per heavy atom. The first kappa shape index (κ1) is 28.3. The van der Waals surface area contributed by atoms with Crippen LogP contribution in [0.5, 0.6) is 5.75 Å². The zero-order valence-electron chi connectivity index (χ0n) is 24.2. The van der Waals surface area contributed by atoms with Gasteiger partial charge in [0.25, 0.3) is 0 Å². The summed E-state index contributed by atoms with van der Waals surface area (Å²) in [5.74, 6) is 0.421. The maximum Gasteiger partial charge on any atom is 0.247 e. The van der Waals surface area contributed by atoms with Crippen LogP contribution in [0.4, 0.5) is 5.69 Å². The second-order valence-corrected chi connectivity index (χ2v) is 11.1. The molecule has 214 valence electrons. The van der Waals surface area contributed by atoms with Gasteiger partial charge in [0.1, 0.15) is 11.8 Å². The first-order valence-electron chi connectivity index (χ1n) is 14.5. The van der Waals surface area contributed by atoms with Crippen molar-refractivity contribution in [1.82, 2.24) is 15.2 Å². The number of benzene rings is 3. The van der Waals surface area contributed by atoms with Gasteiger partial charge in [0.15, 0.2) is 0 Å². The molecule has 0 spiro atoms. The van der Waals surface area contributed by atoms with E-state index in [1.54, 1.807) is 12.0 Å². The van der Waals surface area contributed by atoms with Crippen molar-refractivity contribution in [2.45, 2.75) is 57.2 Å². The van der Waals surface area contributed by atoms with Crippen LogP contribution in [0.25, 0.3) is 10.9 Å². The lowest BCUT2D eigenvalue weighted by Crippen LogP contribution is -2.47. The summed E-state index contributed by atoms with van der Waals surface area (Å²) in [5.41, 5.74) is 4.55. The van der Waals surface area contributed by atoms with Gasteiger partial charge in [-0.25, -0.2) is 0 Å². The maximum absolute atomic E-state index is 14.3. The van der Waals surface area contributed by atoms with E-state index in [0.29, 0.717) is 5.75 Å². The smallest absolute Gasteiger partial charge is 0.247 e. The molecule has 5 rings (SSSR count). The molecular formula is C34H40N4O3. The molecule has 1 heterocycles. The average Bonchev–Trinajstić information content (AvgIpc) is 3.40. The molecule has 2 N–H and O–H groups in total. The number of hydrogen-bond acceptors (Lipinski definition) is 4. The summed E-state index contributed by atoms with van der Waals surface area (Å²) < 4.78 is 5.65. The Bertz CT molecular complexity index is 1470. The Morgan fingerprint density at radius 2 is 1.63 bits per heavy atom. The van der Waals surface area contributed by atoms with E-state index in [1.165, 1.54) is 6.42 Å². The number of aromatic amines is 1. The van der Waals surface area contributed by atoms with Gasteiger partial charge < -0.3 is 24.8 Å². The predicted molar refractivity (Wildman–Crippen MR) is 164 cm³/mol. The number of amides is 2. The third kappa shape index (κ3) is 6.56. The molecule has 0 saturated heterocycles. The molecule has 1 aliphatic carbocycles. The zero-order chi connectivity index (χ0) is 28.8. The third-order valence-electron chi connectivity index (χ3n) is 8.11. The van der Waals surface area contributed by atoms with Crippen molar-refractivity contribution in [1.29, 1.82) is 0 Å². The fourth-order valence-corrected chi connectivity index (χ4v) is 5.84. The van der Waals surface area contributed by atoms with E-state index in [2.05, 4.69) is 10.3 Å². The molecule has 7 nitrogen and oxygen atoms in total. The number of carbonyl (C=O) groups is 2. The monoisotopic (exact) mass is 552 g/mol. The minimum atomic E-state index is -0.796. The molecule has 0 aliphatic heterocycles. The van der Waals surface area contributed by atoms with E-state index in [0.717, 1.165) is 59.0 Å². The van der Waals surface area contributed by atoms with Crippen molar-refractivity contribution < 1.29 is 14.3 Å². The number of hydrogen-bond donors (Lipinski definition) is 2. The summed E-state index contributed by atoms with van der Waals surface area (Å²) >= 11 is 0. The van der Waals surface area contributed by atoms with Crippen LogP contribution in [-0.2, 0) is 22.6 Å². The van der Waals surface area contributed by atoms with Crippen LogP contribution in [0.1, 0.15) is 54.8 Å². The van der Waals surface area contributed by atoms with Crippen molar-refractivity contribution in [2.24, 2.45) is 0 Å². The highest BCUT2D eigenvalue weighted by Crippen LogP contribution is 2.31. The number of ether oxygens (including phenoxy) is 1. The van der Waals surface area contributed by atoms with Crippen LogP contribution in [0.2, 0.25) is 0 Å². The number of rotatable bonds is 10. The summed E-state index contributed by atoms with van der Waals surface area (Å²) in [6.45, 7) is 0.239. The molecule has 4 aromatic rings. The summed E-state index contributed by atoms with van der Waals surface area (Å²) in [6.07, 6.45) is 7.41. The molecule has 1 fully saturated rings. The first-order valence-corrected chi connectivity index (χ1v) is 14.5. The molecule has 1 aliphatic rings. The van der Waals surface area contributed by atoms with Crippen molar-refractivity contribution in [3.05, 3.63) is 95.7 Å². The number of nitrogens with zero attached hydrogens (tertiary/aromatic N) is 2. The van der Waals surface area contributed by atoms with Crippen LogP contribution in [-0.4, -0.2) is 48.9 Å². The second kappa shape index (κ2) is 12.9. The summed E-state index contributed by atoms with van der Waals surface area (Å²) in [4.78, 5) is 35.5. The lowest BCUT2D eigenvalue weighted by Gasteiger charge is -2.34. The minimum absolute atomic E-state index is 0.122. The SMILES string of the molecule is COc1ccccc1CN(C(=O)Cc1c[nH]c2ccccc12)[C@@H](C(=O)NC1CCCCC1)c1ccc(N(C)C)cc1. The number of para-hydroxylation sites is 2. The average molecular weight is 553 g/mol. The fourth-order valence-electron chi connectivity index (χ4n) is 5.84. The number of nitrogens with one attached hydrogen (secondary N) is 2. The number of anilines is 1. The van der Waals surface area contributed by atoms with Crippen LogP contribution in [0.3, 0.4) is 0 Å². The molecule has 0 unspecified atom stereocenters. The van der Waals surface area contributed by atoms with Crippen molar-refractivity contribution in [3.8, 4) is 5.75 Å². The Balaban J connectivity index is 1.55. The highest BCUT2D eigenvalue weighted by molar-refractivity contribution is 5.92. The van der Waals surface area contributed by atoms with Gasteiger partial charge in [0.05, 0.1) is 20.1 Å². The van der Waals surface area contributed by atoms with E-state index < -0.39 is 6.04 Å². The topological polar surface area (TPSA) is 77.7 Å². The standard InChI is InChI=1S/C34H40N4O3/c1-37(2)28-19-17-24(18-20-28)33(34(40)36-27-12-5-4-6-13-27)38(23-25-11-7-10-16-31(25)41-3)32(39)21-26-22-35-30-15-9-8-14-29(26)30/h7-11,14-20,22,27,33,35H,4-6,12-13,21,23H2,1-3H3,(H,36,40)/t33-/m1/s1. The number of methoxy groups -OCH3 is 1. The molecular weight excluding hydrogens is 512 g/mol. The summed E-state index contributed by atoms with van der Waals surface area (Å²) in [5, 5.41) is 4.32. The van der Waals surface area contributed by atoms with Crippen molar-refractivity contribution in [3.63, 3.8) is 0 Å². The normalized spacial score (nSPS) is 14.4. The van der Waals surface area contributed by atoms with Gasteiger partial charge in [-0.2, -0.15) is 0 Å². The Morgan fingerprint density at radius 3 is 2.37 bits per heavy atom. The highest BCUT2D eigenvalue weighted by atomic mass is 16.5. The van der Waals surface area contributed by atoms with Gasteiger partial charge in [-0.05, 0) is 48.2 Å².